The van der Waals surface area contributed by atoms with Crippen molar-refractivity contribution < 1.29 is 4.92 Å². The van der Waals surface area contributed by atoms with E-state index in [1.54, 1.807) is 6.07 Å². The molecule has 0 aliphatic carbocycles. The zero-order valence-corrected chi connectivity index (χ0v) is 11.0. The molecule has 0 spiro atoms. The minimum absolute atomic E-state index is 0.0529. The summed E-state index contributed by atoms with van der Waals surface area (Å²) >= 11 is 7.23. The van der Waals surface area contributed by atoms with Gasteiger partial charge in [-0.05, 0) is 13.1 Å². The Balaban J connectivity index is 2.39. The molecule has 0 unspecified atom stereocenters. The number of hydrogen-bond donors (Lipinski definition) is 1. The SMILES string of the molecule is CNCc1nnc(-c2cc(Cl)cc([N+](=O)[O-])c2)s1. The Morgan fingerprint density at radius 3 is 2.89 bits per heavy atom. The standard InChI is InChI=1S/C10H9ClN4O2S/c1-12-5-9-13-14-10(18-9)6-2-7(11)4-8(3-6)15(16)17/h2-4,12H,5H2,1H3. The fourth-order valence-electron chi connectivity index (χ4n) is 1.40. The van der Waals surface area contributed by atoms with Gasteiger partial charge in [-0.25, -0.2) is 0 Å². The van der Waals surface area contributed by atoms with Gasteiger partial charge in [0.05, 0.1) is 4.92 Å². The third kappa shape index (κ3) is 2.81. The summed E-state index contributed by atoms with van der Waals surface area (Å²) < 4.78 is 0. The van der Waals surface area contributed by atoms with Gasteiger partial charge in [-0.15, -0.1) is 10.2 Å². The number of halogens is 1. The summed E-state index contributed by atoms with van der Waals surface area (Å²) in [6.07, 6.45) is 0. The summed E-state index contributed by atoms with van der Waals surface area (Å²) in [5.41, 5.74) is 0.553. The van der Waals surface area contributed by atoms with Crippen molar-refractivity contribution in [3.05, 3.63) is 38.3 Å². The van der Waals surface area contributed by atoms with Crippen LogP contribution in [0.5, 0.6) is 0 Å². The predicted octanol–water partition coefficient (Wildman–Crippen LogP) is 2.49. The number of nitro benzene ring substituents is 1. The van der Waals surface area contributed by atoms with Crippen LogP contribution in [0.1, 0.15) is 5.01 Å². The van der Waals surface area contributed by atoms with Crippen molar-refractivity contribution in [2.24, 2.45) is 0 Å². The van der Waals surface area contributed by atoms with Crippen LogP contribution in [-0.2, 0) is 6.54 Å². The fraction of sp³-hybridized carbons (Fsp3) is 0.200. The zero-order valence-electron chi connectivity index (χ0n) is 9.38. The van der Waals surface area contributed by atoms with Crippen molar-refractivity contribution >= 4 is 28.6 Å². The molecule has 0 atom stereocenters. The minimum Gasteiger partial charge on any atom is -0.313 e. The summed E-state index contributed by atoms with van der Waals surface area (Å²) in [7, 11) is 1.81. The smallest absolute Gasteiger partial charge is 0.271 e. The normalized spacial score (nSPS) is 10.6. The zero-order chi connectivity index (χ0) is 13.1. The average Bonchev–Trinajstić information content (AvgIpc) is 2.77. The van der Waals surface area contributed by atoms with Gasteiger partial charge in [0.15, 0.2) is 0 Å². The lowest BCUT2D eigenvalue weighted by Gasteiger charge is -1.97. The lowest BCUT2D eigenvalue weighted by molar-refractivity contribution is -0.384. The second kappa shape index (κ2) is 5.38. The van der Waals surface area contributed by atoms with Gasteiger partial charge in [0.1, 0.15) is 10.0 Å². The van der Waals surface area contributed by atoms with Gasteiger partial charge >= 0.3 is 0 Å². The summed E-state index contributed by atoms with van der Waals surface area (Å²) in [4.78, 5) is 10.3. The van der Waals surface area contributed by atoms with Crippen molar-refractivity contribution in [1.29, 1.82) is 0 Å². The molecule has 0 radical (unpaired) electrons. The van der Waals surface area contributed by atoms with E-state index in [2.05, 4.69) is 15.5 Å². The topological polar surface area (TPSA) is 81.0 Å². The molecule has 0 saturated carbocycles. The number of nitrogens with zero attached hydrogens (tertiary/aromatic N) is 3. The molecule has 1 aromatic carbocycles. The molecule has 6 nitrogen and oxygen atoms in total. The molecule has 0 fully saturated rings. The van der Waals surface area contributed by atoms with E-state index in [0.717, 1.165) is 5.01 Å². The van der Waals surface area contributed by atoms with Gasteiger partial charge in [-0.1, -0.05) is 22.9 Å². The summed E-state index contributed by atoms with van der Waals surface area (Å²) in [6, 6.07) is 4.38. The maximum absolute atomic E-state index is 10.7. The predicted molar refractivity (Wildman–Crippen MR) is 69.8 cm³/mol. The highest BCUT2D eigenvalue weighted by molar-refractivity contribution is 7.14. The Morgan fingerprint density at radius 1 is 1.44 bits per heavy atom. The van der Waals surface area contributed by atoms with Crippen LogP contribution in [0, 0.1) is 10.1 Å². The molecule has 2 aromatic rings. The first-order chi connectivity index (χ1) is 8.60. The van der Waals surface area contributed by atoms with Gasteiger partial charge in [-0.2, -0.15) is 0 Å². The first-order valence-corrected chi connectivity index (χ1v) is 6.22. The second-order valence-corrected chi connectivity index (χ2v) is 4.99. The van der Waals surface area contributed by atoms with E-state index in [1.165, 1.54) is 23.5 Å². The van der Waals surface area contributed by atoms with Crippen molar-refractivity contribution in [3.8, 4) is 10.6 Å². The number of rotatable bonds is 4. The maximum Gasteiger partial charge on any atom is 0.271 e. The Labute approximate surface area is 112 Å². The molecule has 0 aliphatic rings. The molecule has 0 aliphatic heterocycles. The van der Waals surface area contributed by atoms with E-state index < -0.39 is 4.92 Å². The molecule has 94 valence electrons. The molecule has 0 saturated heterocycles. The minimum atomic E-state index is -0.481. The molecule has 1 heterocycles. The van der Waals surface area contributed by atoms with Crippen molar-refractivity contribution in [2.45, 2.75) is 6.54 Å². The Hall–Kier alpha value is -1.57. The van der Waals surface area contributed by atoms with Gasteiger partial charge in [-0.3, -0.25) is 10.1 Å². The van der Waals surface area contributed by atoms with Crippen LogP contribution < -0.4 is 5.32 Å². The van der Waals surface area contributed by atoms with E-state index in [-0.39, 0.29) is 5.69 Å². The highest BCUT2D eigenvalue weighted by Gasteiger charge is 2.13. The van der Waals surface area contributed by atoms with E-state index in [4.69, 9.17) is 11.6 Å². The molecule has 8 heteroatoms. The third-order valence-corrected chi connectivity index (χ3v) is 3.33. The molecule has 18 heavy (non-hydrogen) atoms. The van der Waals surface area contributed by atoms with Crippen LogP contribution in [0.15, 0.2) is 18.2 Å². The molecule has 1 N–H and O–H groups in total. The number of non-ortho nitro benzene ring substituents is 1. The number of nitro groups is 1. The van der Waals surface area contributed by atoms with Crippen molar-refractivity contribution in [3.63, 3.8) is 0 Å². The van der Waals surface area contributed by atoms with E-state index in [9.17, 15) is 10.1 Å². The van der Waals surface area contributed by atoms with Gasteiger partial charge in [0.2, 0.25) is 0 Å². The van der Waals surface area contributed by atoms with Crippen molar-refractivity contribution in [1.82, 2.24) is 15.5 Å². The third-order valence-electron chi connectivity index (χ3n) is 2.14. The Morgan fingerprint density at radius 2 is 2.22 bits per heavy atom. The fourth-order valence-corrected chi connectivity index (χ4v) is 2.46. The van der Waals surface area contributed by atoms with Gasteiger partial charge < -0.3 is 5.32 Å². The van der Waals surface area contributed by atoms with E-state index in [0.29, 0.717) is 22.1 Å². The first-order valence-electron chi connectivity index (χ1n) is 5.02. The van der Waals surface area contributed by atoms with Crippen LogP contribution in [-0.4, -0.2) is 22.2 Å². The van der Waals surface area contributed by atoms with Crippen LogP contribution in [0.2, 0.25) is 5.02 Å². The van der Waals surface area contributed by atoms with E-state index in [1.807, 2.05) is 7.05 Å². The van der Waals surface area contributed by atoms with Gasteiger partial charge in [0.25, 0.3) is 5.69 Å². The van der Waals surface area contributed by atoms with Crippen LogP contribution in [0.4, 0.5) is 5.69 Å². The summed E-state index contributed by atoms with van der Waals surface area (Å²) in [6.45, 7) is 0.611. The Kier molecular flexibility index (Phi) is 3.85. The number of aromatic nitrogens is 2. The van der Waals surface area contributed by atoms with Crippen LogP contribution in [0.3, 0.4) is 0 Å². The highest BCUT2D eigenvalue weighted by Crippen LogP contribution is 2.30. The monoisotopic (exact) mass is 284 g/mol. The van der Waals surface area contributed by atoms with E-state index >= 15 is 0 Å². The first kappa shape index (κ1) is 12.9. The molecule has 2 rings (SSSR count). The molecular weight excluding hydrogens is 276 g/mol. The number of hydrogen-bond acceptors (Lipinski definition) is 6. The number of benzene rings is 1. The second-order valence-electron chi connectivity index (χ2n) is 3.49. The van der Waals surface area contributed by atoms with Crippen molar-refractivity contribution in [2.75, 3.05) is 7.05 Å². The molecular formula is C10H9ClN4O2S. The van der Waals surface area contributed by atoms with Crippen LogP contribution in [0.25, 0.3) is 10.6 Å². The lowest BCUT2D eigenvalue weighted by Crippen LogP contribution is -2.04. The maximum atomic E-state index is 10.7. The highest BCUT2D eigenvalue weighted by atomic mass is 35.5. The van der Waals surface area contributed by atoms with Gasteiger partial charge in [0, 0.05) is 29.3 Å². The average molecular weight is 285 g/mol. The quantitative estimate of drug-likeness (QED) is 0.689. The largest absolute Gasteiger partial charge is 0.313 e. The summed E-state index contributed by atoms with van der Waals surface area (Å²) in [5, 5.41) is 23.4. The molecule has 0 amide bonds. The van der Waals surface area contributed by atoms with Crippen LogP contribution >= 0.6 is 22.9 Å². The summed E-state index contributed by atoms with van der Waals surface area (Å²) in [5.74, 6) is 0. The number of nitrogens with one attached hydrogen (secondary N) is 1. The Bertz CT molecular complexity index is 587. The molecule has 1 aromatic heterocycles. The lowest BCUT2D eigenvalue weighted by atomic mass is 10.2. The molecule has 0 bridgehead atoms.